The summed E-state index contributed by atoms with van der Waals surface area (Å²) in [5.41, 5.74) is 1.43. The lowest BCUT2D eigenvalue weighted by atomic mass is 10.1. The van der Waals surface area contributed by atoms with Crippen LogP contribution in [-0.2, 0) is 9.59 Å². The van der Waals surface area contributed by atoms with Crippen molar-refractivity contribution in [3.05, 3.63) is 60.7 Å². The number of rotatable bonds is 7. The average Bonchev–Trinajstić information content (AvgIpc) is 2.52. The van der Waals surface area contributed by atoms with Gasteiger partial charge in [0.1, 0.15) is 6.04 Å². The molecule has 5 nitrogen and oxygen atoms in total. The molecule has 1 unspecified atom stereocenters. The van der Waals surface area contributed by atoms with Gasteiger partial charge in [0.15, 0.2) is 0 Å². The minimum absolute atomic E-state index is 0. The van der Waals surface area contributed by atoms with Crippen molar-refractivity contribution in [2.75, 3.05) is 4.90 Å². The monoisotopic (exact) mass is 335 g/mol. The fraction of sp³-hybridized carbons (Fsp3) is 0.176. The zero-order chi connectivity index (χ0) is 15.9. The second kappa shape index (κ2) is 8.80. The molecule has 23 heavy (non-hydrogen) atoms. The topological polar surface area (TPSA) is 77.8 Å². The van der Waals surface area contributed by atoms with Crippen molar-refractivity contribution in [2.45, 2.75) is 18.9 Å². The van der Waals surface area contributed by atoms with E-state index in [1.54, 1.807) is 4.90 Å². The van der Waals surface area contributed by atoms with E-state index in [-0.39, 0.29) is 25.2 Å². The van der Waals surface area contributed by atoms with Crippen LogP contribution in [-0.4, -0.2) is 28.2 Å². The number of nitrogens with zero attached hydrogens (tertiary/aromatic N) is 1. The summed E-state index contributed by atoms with van der Waals surface area (Å²) in [5, 5.41) is 18.4. The number of carboxylic acid groups (broad SMARTS) is 2. The average molecular weight is 336 g/mol. The number of benzene rings is 2. The van der Waals surface area contributed by atoms with Crippen LogP contribution in [0.25, 0.3) is 0 Å². The molecule has 0 aromatic heterocycles. The highest BCUT2D eigenvalue weighted by Crippen LogP contribution is 2.29. The molecule has 0 saturated heterocycles. The Labute approximate surface area is 140 Å². The second-order valence-electron chi connectivity index (χ2n) is 4.83. The number of carbonyl (C=O) groups is 2. The van der Waals surface area contributed by atoms with Gasteiger partial charge in [0.25, 0.3) is 0 Å². The summed E-state index contributed by atoms with van der Waals surface area (Å²) < 4.78 is 0. The van der Waals surface area contributed by atoms with E-state index >= 15 is 0 Å². The summed E-state index contributed by atoms with van der Waals surface area (Å²) in [4.78, 5) is 24.1. The molecule has 2 N–H and O–H groups in total. The lowest BCUT2D eigenvalue weighted by Crippen LogP contribution is -2.38. The van der Waals surface area contributed by atoms with Gasteiger partial charge in [-0.2, -0.15) is 0 Å². The Balaban J connectivity index is 0.00000264. The van der Waals surface area contributed by atoms with Crippen LogP contribution in [0, 0.1) is 0 Å². The zero-order valence-electron chi connectivity index (χ0n) is 12.3. The van der Waals surface area contributed by atoms with E-state index in [9.17, 15) is 14.7 Å². The molecular weight excluding hydrogens is 318 g/mol. The molecular formula is C17H18ClNO4. The van der Waals surface area contributed by atoms with Crippen LogP contribution < -0.4 is 4.90 Å². The molecule has 0 radical (unpaired) electrons. The Morgan fingerprint density at radius 1 is 0.870 bits per heavy atom. The minimum Gasteiger partial charge on any atom is -0.481 e. The van der Waals surface area contributed by atoms with Gasteiger partial charge in [0, 0.05) is 17.8 Å². The summed E-state index contributed by atoms with van der Waals surface area (Å²) in [6, 6.07) is 17.3. The molecule has 6 heteroatoms. The van der Waals surface area contributed by atoms with Crippen LogP contribution in [0.5, 0.6) is 0 Å². The summed E-state index contributed by atoms with van der Waals surface area (Å²) in [5.74, 6) is -2.05. The Morgan fingerprint density at radius 3 is 1.65 bits per heavy atom. The van der Waals surface area contributed by atoms with Crippen LogP contribution in [0.15, 0.2) is 60.7 Å². The number of aliphatic carboxylic acids is 2. The van der Waals surface area contributed by atoms with Crippen molar-refractivity contribution in [1.29, 1.82) is 0 Å². The van der Waals surface area contributed by atoms with Crippen LogP contribution in [0.2, 0.25) is 0 Å². The van der Waals surface area contributed by atoms with Crippen LogP contribution in [0.4, 0.5) is 11.4 Å². The minimum atomic E-state index is -1.05. The van der Waals surface area contributed by atoms with Gasteiger partial charge in [0.05, 0.1) is 0 Å². The maximum Gasteiger partial charge on any atom is 0.326 e. The molecule has 2 rings (SSSR count). The summed E-state index contributed by atoms with van der Waals surface area (Å²) in [6.07, 6.45) is -0.179. The van der Waals surface area contributed by atoms with Crippen molar-refractivity contribution in [2.24, 2.45) is 0 Å². The van der Waals surface area contributed by atoms with Gasteiger partial charge < -0.3 is 15.1 Å². The lowest BCUT2D eigenvalue weighted by Gasteiger charge is -2.31. The molecule has 0 aliphatic heterocycles. The van der Waals surface area contributed by atoms with Crippen molar-refractivity contribution in [3.63, 3.8) is 0 Å². The Kier molecular flexibility index (Phi) is 7.09. The summed E-state index contributed by atoms with van der Waals surface area (Å²) in [6.45, 7) is 0. The summed E-state index contributed by atoms with van der Waals surface area (Å²) in [7, 11) is 0. The highest BCUT2D eigenvalue weighted by molar-refractivity contribution is 5.85. The molecule has 122 valence electrons. The van der Waals surface area contributed by atoms with E-state index < -0.39 is 18.0 Å². The number of hydrogen-bond acceptors (Lipinski definition) is 3. The highest BCUT2D eigenvalue weighted by Gasteiger charge is 2.27. The molecule has 0 saturated carbocycles. The Bertz CT molecular complexity index is 594. The quantitative estimate of drug-likeness (QED) is 0.808. The van der Waals surface area contributed by atoms with Crippen molar-refractivity contribution < 1.29 is 19.8 Å². The largest absolute Gasteiger partial charge is 0.481 e. The van der Waals surface area contributed by atoms with Gasteiger partial charge >= 0.3 is 11.9 Å². The first kappa shape index (κ1) is 18.5. The summed E-state index contributed by atoms with van der Waals surface area (Å²) >= 11 is 0. The van der Waals surface area contributed by atoms with E-state index in [1.807, 2.05) is 60.7 Å². The second-order valence-corrected chi connectivity index (χ2v) is 4.83. The van der Waals surface area contributed by atoms with Gasteiger partial charge in [-0.15, -0.1) is 12.4 Å². The van der Waals surface area contributed by atoms with Gasteiger partial charge in [-0.05, 0) is 30.7 Å². The molecule has 0 aliphatic carbocycles. The smallest absolute Gasteiger partial charge is 0.326 e. The first-order valence-electron chi connectivity index (χ1n) is 6.93. The Hall–Kier alpha value is -2.53. The van der Waals surface area contributed by atoms with E-state index in [0.717, 1.165) is 0 Å². The van der Waals surface area contributed by atoms with Crippen LogP contribution >= 0.6 is 12.4 Å². The molecule has 2 aromatic carbocycles. The normalized spacial score (nSPS) is 11.1. The molecule has 2 aromatic rings. The lowest BCUT2D eigenvalue weighted by molar-refractivity contribution is -0.139. The molecule has 1 atom stereocenters. The standard InChI is InChI=1S/C17H17NO4.ClH/c19-16(20)12-11-15(17(21)22)18(13-7-3-1-4-8-13)14-9-5-2-6-10-14;/h1-10,15H,11-12H2,(H,19,20)(H,21,22);1H. The van der Waals surface area contributed by atoms with E-state index in [1.165, 1.54) is 0 Å². The van der Waals surface area contributed by atoms with Gasteiger partial charge in [0.2, 0.25) is 0 Å². The molecule has 0 spiro atoms. The Morgan fingerprint density at radius 2 is 1.30 bits per heavy atom. The van der Waals surface area contributed by atoms with Crippen LogP contribution in [0.3, 0.4) is 0 Å². The van der Waals surface area contributed by atoms with Crippen LogP contribution in [0.1, 0.15) is 12.8 Å². The first-order chi connectivity index (χ1) is 10.6. The van der Waals surface area contributed by atoms with Gasteiger partial charge in [-0.1, -0.05) is 36.4 Å². The van der Waals surface area contributed by atoms with E-state index in [2.05, 4.69) is 0 Å². The fourth-order valence-electron chi connectivity index (χ4n) is 2.31. The van der Waals surface area contributed by atoms with Crippen molar-refractivity contribution in [3.8, 4) is 0 Å². The number of hydrogen-bond donors (Lipinski definition) is 2. The number of halogens is 1. The first-order valence-corrected chi connectivity index (χ1v) is 6.93. The third-order valence-electron chi connectivity index (χ3n) is 3.30. The molecule has 0 aliphatic rings. The molecule has 0 amide bonds. The number of para-hydroxylation sites is 2. The zero-order valence-corrected chi connectivity index (χ0v) is 13.1. The van der Waals surface area contributed by atoms with Crippen molar-refractivity contribution >= 4 is 35.7 Å². The molecule has 0 bridgehead atoms. The fourth-order valence-corrected chi connectivity index (χ4v) is 2.31. The third kappa shape index (κ3) is 5.00. The van der Waals surface area contributed by atoms with Crippen molar-refractivity contribution in [1.82, 2.24) is 0 Å². The SMILES string of the molecule is Cl.O=C(O)CCC(C(=O)O)N(c1ccccc1)c1ccccc1. The molecule has 0 heterocycles. The maximum atomic E-state index is 11.7. The predicted octanol–water partition coefficient (Wildman–Crippen LogP) is 3.56. The third-order valence-corrected chi connectivity index (χ3v) is 3.30. The van der Waals surface area contributed by atoms with E-state index in [0.29, 0.717) is 11.4 Å². The van der Waals surface area contributed by atoms with Gasteiger partial charge in [-0.25, -0.2) is 4.79 Å². The van der Waals surface area contributed by atoms with Gasteiger partial charge in [-0.3, -0.25) is 4.79 Å². The maximum absolute atomic E-state index is 11.7. The number of carboxylic acids is 2. The predicted molar refractivity (Wildman–Crippen MR) is 90.6 cm³/mol. The van der Waals surface area contributed by atoms with E-state index in [4.69, 9.17) is 5.11 Å². The number of anilines is 2. The highest BCUT2D eigenvalue weighted by atomic mass is 35.5. The molecule has 0 fully saturated rings.